The van der Waals surface area contributed by atoms with E-state index < -0.39 is 51.8 Å². The predicted octanol–water partition coefficient (Wildman–Crippen LogP) is 6.74. The molecule has 2 aromatic heterocycles. The van der Waals surface area contributed by atoms with Gasteiger partial charge in [0.2, 0.25) is 0 Å². The number of rotatable bonds is 6. The Balaban J connectivity index is 1.78. The molecular formula is C29H39BClN3O5S2. The van der Waals surface area contributed by atoms with Gasteiger partial charge in [-0.25, -0.2) is 18.7 Å². The first kappa shape index (κ1) is 31.9. The number of anilines is 1. The molecule has 3 aromatic rings. The average Bonchev–Trinajstić information content (AvgIpc) is 3.34. The van der Waals surface area contributed by atoms with Crippen molar-refractivity contribution in [2.45, 2.75) is 96.8 Å². The number of pyridine rings is 1. The van der Waals surface area contributed by atoms with Crippen molar-refractivity contribution in [3.63, 3.8) is 0 Å². The monoisotopic (exact) mass is 619 g/mol. The summed E-state index contributed by atoms with van der Waals surface area (Å²) in [5.74, 6) is 0.269. The van der Waals surface area contributed by atoms with Crippen LogP contribution in [0.2, 0.25) is 5.02 Å². The van der Waals surface area contributed by atoms with Crippen molar-refractivity contribution in [1.82, 2.24) is 9.71 Å². The number of fused-ring (bicyclic) bond motifs is 1. The Kier molecular flexibility index (Phi) is 8.75. The zero-order chi connectivity index (χ0) is 30.5. The number of aromatic nitrogens is 1. The molecule has 0 saturated carbocycles. The first-order valence-electron chi connectivity index (χ1n) is 13.5. The van der Waals surface area contributed by atoms with Crippen molar-refractivity contribution in [1.29, 1.82) is 0 Å². The molecule has 0 spiro atoms. The average molecular weight is 620 g/mol. The third-order valence-electron chi connectivity index (χ3n) is 6.94. The predicted molar refractivity (Wildman–Crippen MR) is 170 cm³/mol. The van der Waals surface area contributed by atoms with Gasteiger partial charge in [0.25, 0.3) is 0 Å². The molecule has 1 aromatic carbocycles. The van der Waals surface area contributed by atoms with Crippen molar-refractivity contribution < 1.29 is 23.0 Å². The number of halogens is 1. The minimum absolute atomic E-state index is 0.269. The van der Waals surface area contributed by atoms with Crippen LogP contribution in [0.1, 0.15) is 85.9 Å². The summed E-state index contributed by atoms with van der Waals surface area (Å²) in [6.07, 6.45) is -0.630. The third-order valence-corrected chi connectivity index (χ3v) is 10.1. The molecule has 222 valence electrons. The first-order chi connectivity index (χ1) is 18.8. The Bertz CT molecular complexity index is 1460. The van der Waals surface area contributed by atoms with Gasteiger partial charge in [-0.1, -0.05) is 29.8 Å². The van der Waals surface area contributed by atoms with Gasteiger partial charge in [-0.2, -0.15) is 0 Å². The van der Waals surface area contributed by atoms with Crippen LogP contribution in [0, 0.1) is 0 Å². The van der Waals surface area contributed by atoms with Gasteiger partial charge in [-0.15, -0.1) is 11.3 Å². The maximum atomic E-state index is 13.4. The van der Waals surface area contributed by atoms with Crippen LogP contribution in [0.4, 0.5) is 10.6 Å². The SMILES string of the molecule is CC(C)(C)OC(=O)Nc1ccc(Cl)c(C(N[S@@](=O)C(C)(C)C)c2cc3cccc(B4OC(C)(C)C(C)(C)O4)c3s2)n1. The zero-order valence-electron chi connectivity index (χ0n) is 25.3. The lowest BCUT2D eigenvalue weighted by molar-refractivity contribution is 0.00578. The quantitative estimate of drug-likeness (QED) is 0.297. The van der Waals surface area contributed by atoms with Crippen LogP contribution in [-0.4, -0.2) is 44.0 Å². The summed E-state index contributed by atoms with van der Waals surface area (Å²) in [5, 5.41) is 4.04. The highest BCUT2D eigenvalue weighted by atomic mass is 35.5. The molecule has 8 nitrogen and oxygen atoms in total. The van der Waals surface area contributed by atoms with E-state index in [-0.39, 0.29) is 5.82 Å². The number of ether oxygens (including phenoxy) is 1. The normalized spacial score (nSPS) is 18.4. The number of carbonyl (C=O) groups excluding carboxylic acids is 1. The van der Waals surface area contributed by atoms with Crippen LogP contribution in [0.5, 0.6) is 0 Å². The van der Waals surface area contributed by atoms with Gasteiger partial charge in [0.15, 0.2) is 0 Å². The number of nitrogens with zero attached hydrogens (tertiary/aromatic N) is 1. The Hall–Kier alpha value is -2.02. The lowest BCUT2D eigenvalue weighted by atomic mass is 9.78. The second kappa shape index (κ2) is 11.2. The molecule has 41 heavy (non-hydrogen) atoms. The van der Waals surface area contributed by atoms with Crippen LogP contribution in [0.25, 0.3) is 10.1 Å². The van der Waals surface area contributed by atoms with E-state index in [4.69, 9.17) is 25.6 Å². The Morgan fingerprint density at radius 2 is 1.71 bits per heavy atom. The summed E-state index contributed by atoms with van der Waals surface area (Å²) in [5.41, 5.74) is -0.271. The van der Waals surface area contributed by atoms with E-state index in [0.717, 1.165) is 20.4 Å². The fraction of sp³-hybridized carbons (Fsp3) is 0.517. The summed E-state index contributed by atoms with van der Waals surface area (Å²) < 4.78 is 35.2. The molecular weight excluding hydrogens is 581 g/mol. The minimum Gasteiger partial charge on any atom is -0.444 e. The molecule has 0 bridgehead atoms. The lowest BCUT2D eigenvalue weighted by Crippen LogP contribution is -2.41. The fourth-order valence-corrected chi connectivity index (χ4v) is 6.41. The van der Waals surface area contributed by atoms with Gasteiger partial charge in [0.05, 0.1) is 43.7 Å². The molecule has 0 radical (unpaired) electrons. The van der Waals surface area contributed by atoms with Gasteiger partial charge in [-0.05, 0) is 92.8 Å². The molecule has 1 fully saturated rings. The van der Waals surface area contributed by atoms with Gasteiger partial charge in [0, 0.05) is 15.0 Å². The summed E-state index contributed by atoms with van der Waals surface area (Å²) in [4.78, 5) is 18.0. The molecule has 4 rings (SSSR count). The zero-order valence-corrected chi connectivity index (χ0v) is 27.7. The highest BCUT2D eigenvalue weighted by Gasteiger charge is 2.52. The van der Waals surface area contributed by atoms with Crippen LogP contribution in [-0.2, 0) is 25.0 Å². The van der Waals surface area contributed by atoms with E-state index in [1.165, 1.54) is 11.3 Å². The third kappa shape index (κ3) is 7.14. The Morgan fingerprint density at radius 1 is 1.07 bits per heavy atom. The van der Waals surface area contributed by atoms with Gasteiger partial charge < -0.3 is 14.0 Å². The molecule has 1 aliphatic rings. The van der Waals surface area contributed by atoms with Crippen molar-refractivity contribution in [3.8, 4) is 0 Å². The standard InChI is InChI=1S/C29H39BClN3O5S2/c1-26(2,3)37-25(35)33-21-15-14-19(31)22(32-21)23(34-41(36)27(4,5)6)20-16-17-12-11-13-18(24(17)40-20)30-38-28(7,8)29(9,10)39-30/h11-16,23,34H,1-10H3,(H,32,33,35)/t23?,41-/m0/s1. The summed E-state index contributed by atoms with van der Waals surface area (Å²) >= 11 is 8.23. The molecule has 1 unspecified atom stereocenters. The van der Waals surface area contributed by atoms with E-state index in [9.17, 15) is 9.00 Å². The summed E-state index contributed by atoms with van der Waals surface area (Å²) in [6, 6.07) is 10.7. The van der Waals surface area contributed by atoms with Crippen LogP contribution in [0.15, 0.2) is 36.4 Å². The molecule has 0 aliphatic carbocycles. The van der Waals surface area contributed by atoms with E-state index in [1.54, 1.807) is 32.9 Å². The van der Waals surface area contributed by atoms with Crippen LogP contribution < -0.4 is 15.5 Å². The second-order valence-electron chi connectivity index (χ2n) is 13.1. The number of hydrogen-bond acceptors (Lipinski definition) is 7. The fourth-order valence-electron chi connectivity index (χ4n) is 4.07. The number of benzene rings is 1. The van der Waals surface area contributed by atoms with Gasteiger partial charge in [0.1, 0.15) is 11.4 Å². The molecule has 2 atom stereocenters. The summed E-state index contributed by atoms with van der Waals surface area (Å²) in [6.45, 7) is 19.2. The maximum absolute atomic E-state index is 13.4. The Labute approximate surface area is 254 Å². The molecule has 1 saturated heterocycles. The molecule has 3 heterocycles. The van der Waals surface area contributed by atoms with Crippen molar-refractivity contribution in [3.05, 3.63) is 52.0 Å². The minimum atomic E-state index is -1.46. The highest BCUT2D eigenvalue weighted by Crippen LogP contribution is 2.39. The van der Waals surface area contributed by atoms with Gasteiger partial charge in [-0.3, -0.25) is 5.32 Å². The van der Waals surface area contributed by atoms with Crippen molar-refractivity contribution in [2.24, 2.45) is 0 Å². The van der Waals surface area contributed by atoms with Crippen molar-refractivity contribution in [2.75, 3.05) is 5.32 Å². The van der Waals surface area contributed by atoms with E-state index in [2.05, 4.69) is 15.0 Å². The largest absolute Gasteiger partial charge is 0.496 e. The van der Waals surface area contributed by atoms with E-state index in [0.29, 0.717) is 10.7 Å². The first-order valence-corrected chi connectivity index (χ1v) is 15.8. The van der Waals surface area contributed by atoms with Crippen LogP contribution >= 0.6 is 22.9 Å². The number of carbonyl (C=O) groups is 1. The van der Waals surface area contributed by atoms with E-state index in [1.807, 2.05) is 72.7 Å². The number of thiophene rings is 1. The molecule has 2 N–H and O–H groups in total. The molecule has 1 amide bonds. The molecule has 12 heteroatoms. The number of nitrogens with one attached hydrogen (secondary N) is 2. The maximum Gasteiger partial charge on any atom is 0.496 e. The van der Waals surface area contributed by atoms with Crippen LogP contribution in [0.3, 0.4) is 0 Å². The van der Waals surface area contributed by atoms with E-state index >= 15 is 0 Å². The van der Waals surface area contributed by atoms with Crippen molar-refractivity contribution >= 4 is 68.5 Å². The number of amides is 1. The topological polar surface area (TPSA) is 98.8 Å². The lowest BCUT2D eigenvalue weighted by Gasteiger charge is -2.32. The number of hydrogen-bond donors (Lipinski definition) is 2. The molecule has 1 aliphatic heterocycles. The second-order valence-corrected chi connectivity index (χ2v) is 16.6. The van der Waals surface area contributed by atoms with Gasteiger partial charge >= 0.3 is 13.2 Å². The Morgan fingerprint density at radius 3 is 2.29 bits per heavy atom. The summed E-state index contributed by atoms with van der Waals surface area (Å²) in [7, 11) is -1.99. The highest BCUT2D eigenvalue weighted by molar-refractivity contribution is 7.84. The smallest absolute Gasteiger partial charge is 0.444 e.